The summed E-state index contributed by atoms with van der Waals surface area (Å²) < 4.78 is 13.8. The molecule has 1 aromatic rings. The Morgan fingerprint density at radius 2 is 1.95 bits per heavy atom. The number of nitro groups is 1. The Kier molecular flexibility index (Phi) is 4.29. The fourth-order valence-corrected chi connectivity index (χ4v) is 3.88. The van der Waals surface area contributed by atoms with Crippen LogP contribution < -0.4 is 4.90 Å². The maximum atomic E-state index is 13.8. The maximum Gasteiger partial charge on any atom is 0.327 e. The van der Waals surface area contributed by atoms with Crippen molar-refractivity contribution < 1.29 is 9.31 Å². The van der Waals surface area contributed by atoms with Crippen molar-refractivity contribution in [2.45, 2.75) is 44.7 Å². The van der Waals surface area contributed by atoms with Crippen molar-refractivity contribution in [1.82, 2.24) is 4.90 Å². The van der Waals surface area contributed by atoms with Gasteiger partial charge in [-0.05, 0) is 51.3 Å². The molecule has 3 rings (SSSR count). The van der Waals surface area contributed by atoms with E-state index in [0.717, 1.165) is 38.5 Å². The van der Waals surface area contributed by atoms with Gasteiger partial charge >= 0.3 is 5.69 Å². The number of likely N-dealkylation sites (tertiary alicyclic amines) is 1. The fraction of sp³-hybridized carbons (Fsp3) is 0.625. The molecule has 2 fully saturated rings. The number of nitro benzene ring substituents is 1. The van der Waals surface area contributed by atoms with E-state index in [4.69, 9.17) is 0 Å². The first-order chi connectivity index (χ1) is 10.6. The molecule has 1 unspecified atom stereocenters. The predicted molar refractivity (Wildman–Crippen MR) is 83.7 cm³/mol. The molecule has 2 aliphatic heterocycles. The van der Waals surface area contributed by atoms with Crippen LogP contribution in [0.25, 0.3) is 0 Å². The first kappa shape index (κ1) is 15.2. The molecule has 0 radical (unpaired) electrons. The van der Waals surface area contributed by atoms with Gasteiger partial charge in [0, 0.05) is 25.2 Å². The van der Waals surface area contributed by atoms with Crippen LogP contribution in [0.15, 0.2) is 18.2 Å². The van der Waals surface area contributed by atoms with E-state index in [9.17, 15) is 14.5 Å². The summed E-state index contributed by atoms with van der Waals surface area (Å²) in [5.74, 6) is -0.752. The van der Waals surface area contributed by atoms with Crippen LogP contribution in [0.4, 0.5) is 15.8 Å². The molecular formula is C16H22FN3O2. The van der Waals surface area contributed by atoms with Crippen LogP contribution in [-0.4, -0.2) is 41.5 Å². The van der Waals surface area contributed by atoms with Crippen LogP contribution in [0.3, 0.4) is 0 Å². The summed E-state index contributed by atoms with van der Waals surface area (Å²) in [6.07, 6.45) is 4.49. The van der Waals surface area contributed by atoms with Gasteiger partial charge in [0.15, 0.2) is 0 Å². The summed E-state index contributed by atoms with van der Waals surface area (Å²) in [5, 5.41) is 11.1. The van der Waals surface area contributed by atoms with Crippen LogP contribution >= 0.6 is 0 Å². The standard InChI is InChI=1S/C16H22FN3O2/c1-12-4-3-9-19(12)13-7-10-18(11-8-13)15-6-2-5-14(17)16(15)20(21)22/h2,5-6,12-13H,3-4,7-11H2,1H3. The van der Waals surface area contributed by atoms with Gasteiger partial charge < -0.3 is 4.90 Å². The summed E-state index contributed by atoms with van der Waals surface area (Å²) in [5.41, 5.74) is 0.0217. The van der Waals surface area contributed by atoms with E-state index < -0.39 is 16.4 Å². The minimum absolute atomic E-state index is 0.393. The highest BCUT2D eigenvalue weighted by Gasteiger charge is 2.32. The van der Waals surface area contributed by atoms with Gasteiger partial charge in [-0.3, -0.25) is 15.0 Å². The molecule has 1 atom stereocenters. The average Bonchev–Trinajstić information content (AvgIpc) is 2.93. The van der Waals surface area contributed by atoms with Gasteiger partial charge in [0.1, 0.15) is 5.69 Å². The second-order valence-electron chi connectivity index (χ2n) is 6.31. The van der Waals surface area contributed by atoms with Gasteiger partial charge in [-0.25, -0.2) is 0 Å². The van der Waals surface area contributed by atoms with E-state index in [0.29, 0.717) is 17.8 Å². The monoisotopic (exact) mass is 307 g/mol. The third-order valence-electron chi connectivity index (χ3n) is 5.03. The van der Waals surface area contributed by atoms with Crippen molar-refractivity contribution in [2.24, 2.45) is 0 Å². The van der Waals surface area contributed by atoms with Crippen molar-refractivity contribution in [3.63, 3.8) is 0 Å². The van der Waals surface area contributed by atoms with Crippen molar-refractivity contribution in [2.75, 3.05) is 24.5 Å². The molecule has 0 aromatic heterocycles. The number of benzene rings is 1. The number of nitrogens with zero attached hydrogens (tertiary/aromatic N) is 3. The topological polar surface area (TPSA) is 49.6 Å². The Balaban J connectivity index is 1.72. The first-order valence-corrected chi connectivity index (χ1v) is 8.01. The van der Waals surface area contributed by atoms with E-state index >= 15 is 0 Å². The van der Waals surface area contributed by atoms with E-state index in [-0.39, 0.29) is 0 Å². The molecule has 2 saturated heterocycles. The van der Waals surface area contributed by atoms with E-state index in [1.165, 1.54) is 12.8 Å². The molecule has 120 valence electrons. The maximum absolute atomic E-state index is 13.8. The third kappa shape index (κ3) is 2.79. The molecule has 22 heavy (non-hydrogen) atoms. The number of hydrogen-bond donors (Lipinski definition) is 0. The molecule has 5 nitrogen and oxygen atoms in total. The van der Waals surface area contributed by atoms with E-state index in [1.54, 1.807) is 12.1 Å². The molecular weight excluding hydrogens is 285 g/mol. The lowest BCUT2D eigenvalue weighted by Gasteiger charge is -2.39. The van der Waals surface area contributed by atoms with Crippen LogP contribution in [0.1, 0.15) is 32.6 Å². The largest absolute Gasteiger partial charge is 0.366 e. The fourth-order valence-electron chi connectivity index (χ4n) is 3.88. The molecule has 0 amide bonds. The third-order valence-corrected chi connectivity index (χ3v) is 5.03. The van der Waals surface area contributed by atoms with E-state index in [2.05, 4.69) is 11.8 Å². The van der Waals surface area contributed by atoms with Crippen molar-refractivity contribution >= 4 is 11.4 Å². The minimum Gasteiger partial charge on any atom is -0.366 e. The van der Waals surface area contributed by atoms with Crippen LogP contribution in [0, 0.1) is 15.9 Å². The van der Waals surface area contributed by atoms with Gasteiger partial charge in [-0.2, -0.15) is 4.39 Å². The Bertz CT molecular complexity index is 558. The number of para-hydroxylation sites is 1. The lowest BCUT2D eigenvalue weighted by Crippen LogP contribution is -2.46. The Hall–Kier alpha value is -1.69. The van der Waals surface area contributed by atoms with Gasteiger partial charge in [0.25, 0.3) is 0 Å². The van der Waals surface area contributed by atoms with Crippen LogP contribution in [0.5, 0.6) is 0 Å². The first-order valence-electron chi connectivity index (χ1n) is 8.01. The molecule has 1 aromatic carbocycles. The Morgan fingerprint density at radius 1 is 1.23 bits per heavy atom. The summed E-state index contributed by atoms with van der Waals surface area (Å²) >= 11 is 0. The highest BCUT2D eigenvalue weighted by molar-refractivity contribution is 5.64. The number of anilines is 1. The molecule has 2 aliphatic rings. The molecule has 0 bridgehead atoms. The van der Waals surface area contributed by atoms with Gasteiger partial charge in [0.05, 0.1) is 4.92 Å². The van der Waals surface area contributed by atoms with Crippen LogP contribution in [0.2, 0.25) is 0 Å². The molecule has 0 spiro atoms. The number of halogens is 1. The SMILES string of the molecule is CC1CCCN1C1CCN(c2cccc(F)c2[N+](=O)[O-])CC1. The van der Waals surface area contributed by atoms with Crippen molar-refractivity contribution in [3.05, 3.63) is 34.1 Å². The van der Waals surface area contributed by atoms with Crippen molar-refractivity contribution in [3.8, 4) is 0 Å². The van der Waals surface area contributed by atoms with Gasteiger partial charge in [-0.15, -0.1) is 0 Å². The molecule has 0 aliphatic carbocycles. The Morgan fingerprint density at radius 3 is 2.55 bits per heavy atom. The summed E-state index contributed by atoms with van der Waals surface area (Å²) in [4.78, 5) is 15.0. The number of piperidine rings is 1. The molecule has 2 heterocycles. The molecule has 6 heteroatoms. The summed E-state index contributed by atoms with van der Waals surface area (Å²) in [7, 11) is 0. The molecule has 0 N–H and O–H groups in total. The second kappa shape index (κ2) is 6.20. The Labute approximate surface area is 129 Å². The number of hydrogen-bond acceptors (Lipinski definition) is 4. The quantitative estimate of drug-likeness (QED) is 0.635. The van der Waals surface area contributed by atoms with Crippen LogP contribution in [-0.2, 0) is 0 Å². The lowest BCUT2D eigenvalue weighted by molar-refractivity contribution is -0.386. The zero-order chi connectivity index (χ0) is 15.7. The summed E-state index contributed by atoms with van der Waals surface area (Å²) in [6, 6.07) is 5.55. The highest BCUT2D eigenvalue weighted by Crippen LogP contribution is 2.34. The number of rotatable bonds is 3. The predicted octanol–water partition coefficient (Wildman–Crippen LogP) is 3.19. The highest BCUT2D eigenvalue weighted by atomic mass is 19.1. The zero-order valence-electron chi connectivity index (χ0n) is 12.9. The average molecular weight is 307 g/mol. The summed E-state index contributed by atoms with van der Waals surface area (Å²) in [6.45, 7) is 4.93. The van der Waals surface area contributed by atoms with E-state index in [1.807, 2.05) is 4.90 Å². The zero-order valence-corrected chi connectivity index (χ0v) is 12.9. The smallest absolute Gasteiger partial charge is 0.327 e. The molecule has 0 saturated carbocycles. The lowest BCUT2D eigenvalue weighted by atomic mass is 10.0. The van der Waals surface area contributed by atoms with Gasteiger partial charge in [-0.1, -0.05) is 6.07 Å². The van der Waals surface area contributed by atoms with Crippen molar-refractivity contribution in [1.29, 1.82) is 0 Å². The second-order valence-corrected chi connectivity index (χ2v) is 6.31. The minimum atomic E-state index is -0.752. The normalized spacial score (nSPS) is 23.9. The van der Waals surface area contributed by atoms with Gasteiger partial charge in [0.2, 0.25) is 5.82 Å².